The molecular weight excluding hydrogens is 412 g/mol. The van der Waals surface area contributed by atoms with E-state index in [2.05, 4.69) is 12.2 Å². The van der Waals surface area contributed by atoms with Gasteiger partial charge in [0.05, 0.1) is 13.7 Å². The molecule has 2 heterocycles. The molecule has 0 spiro atoms. The normalized spacial score (nSPS) is 17.8. The molecule has 1 aliphatic heterocycles. The minimum atomic E-state index is -0.318. The Bertz CT molecular complexity index is 985. The number of thioether (sulfide) groups is 1. The molecule has 0 radical (unpaired) electrons. The third-order valence-electron chi connectivity index (χ3n) is 5.63. The standard InChI is InChI=1S/C23H30N4O3S/c1-4-6-7-13-31-23-25-22-24-16-9-8-10-17(28)20(16)21(27(22)26-23)15-11-12-18(30-5-2)19(14-15)29-3/h11-12,14,21H,4-10,13H2,1-3H3,(H,24,25,26)/t21-/m1/s1. The molecule has 1 aromatic heterocycles. The number of nitrogens with one attached hydrogen (secondary N) is 1. The number of methoxy groups -OCH3 is 1. The lowest BCUT2D eigenvalue weighted by Crippen LogP contribution is -2.31. The van der Waals surface area contributed by atoms with Crippen LogP contribution in [-0.2, 0) is 4.79 Å². The van der Waals surface area contributed by atoms with Gasteiger partial charge in [0.2, 0.25) is 11.1 Å². The second kappa shape index (κ2) is 9.77. The molecule has 8 heteroatoms. The molecule has 0 saturated heterocycles. The van der Waals surface area contributed by atoms with E-state index in [-0.39, 0.29) is 11.8 Å². The Labute approximate surface area is 187 Å². The minimum Gasteiger partial charge on any atom is -0.493 e. The number of carbonyl (C=O) groups is 1. The van der Waals surface area contributed by atoms with Crippen LogP contribution in [0.25, 0.3) is 0 Å². The van der Waals surface area contributed by atoms with Crippen LogP contribution in [0.3, 0.4) is 0 Å². The van der Waals surface area contributed by atoms with Crippen molar-refractivity contribution in [3.63, 3.8) is 0 Å². The Morgan fingerprint density at radius 2 is 2.10 bits per heavy atom. The zero-order chi connectivity index (χ0) is 21.8. The molecule has 1 atom stereocenters. The van der Waals surface area contributed by atoms with Crippen LogP contribution in [0.4, 0.5) is 5.95 Å². The van der Waals surface area contributed by atoms with Crippen molar-refractivity contribution in [2.24, 2.45) is 0 Å². The number of allylic oxidation sites excluding steroid dienone is 2. The van der Waals surface area contributed by atoms with Crippen molar-refractivity contribution in [3.8, 4) is 11.5 Å². The lowest BCUT2D eigenvalue weighted by molar-refractivity contribution is -0.116. The van der Waals surface area contributed by atoms with Gasteiger partial charge in [-0.25, -0.2) is 4.68 Å². The van der Waals surface area contributed by atoms with E-state index >= 15 is 0 Å². The number of hydrogen-bond donors (Lipinski definition) is 1. The third kappa shape index (κ3) is 4.44. The highest BCUT2D eigenvalue weighted by atomic mass is 32.2. The average molecular weight is 443 g/mol. The maximum Gasteiger partial charge on any atom is 0.227 e. The fraction of sp³-hybridized carbons (Fsp3) is 0.522. The first-order chi connectivity index (χ1) is 15.2. The quantitative estimate of drug-likeness (QED) is 0.433. The fourth-order valence-electron chi connectivity index (χ4n) is 4.15. The smallest absolute Gasteiger partial charge is 0.227 e. The van der Waals surface area contributed by atoms with Crippen molar-refractivity contribution in [2.45, 2.75) is 63.6 Å². The van der Waals surface area contributed by atoms with E-state index in [1.165, 1.54) is 12.8 Å². The lowest BCUT2D eigenvalue weighted by Gasteiger charge is -2.32. The summed E-state index contributed by atoms with van der Waals surface area (Å²) in [5.41, 5.74) is 2.70. The summed E-state index contributed by atoms with van der Waals surface area (Å²) in [6.45, 7) is 4.70. The topological polar surface area (TPSA) is 78.3 Å². The molecule has 0 amide bonds. The summed E-state index contributed by atoms with van der Waals surface area (Å²) in [5, 5.41) is 8.93. The van der Waals surface area contributed by atoms with Crippen LogP contribution in [0.5, 0.6) is 11.5 Å². The number of anilines is 1. The molecule has 4 rings (SSSR count). The number of Topliss-reactive ketones (excluding diaryl/α,β-unsaturated/α-hetero) is 1. The highest BCUT2D eigenvalue weighted by molar-refractivity contribution is 7.99. The molecule has 1 aliphatic carbocycles. The first kappa shape index (κ1) is 21.7. The Morgan fingerprint density at radius 1 is 1.23 bits per heavy atom. The van der Waals surface area contributed by atoms with E-state index < -0.39 is 0 Å². The molecule has 2 aliphatic rings. The number of aromatic nitrogens is 3. The second-order valence-corrected chi connectivity index (χ2v) is 8.82. The molecule has 1 aromatic carbocycles. The number of ketones is 1. The van der Waals surface area contributed by atoms with Crippen molar-refractivity contribution in [3.05, 3.63) is 35.0 Å². The Morgan fingerprint density at radius 3 is 2.87 bits per heavy atom. The van der Waals surface area contributed by atoms with E-state index in [0.717, 1.165) is 47.0 Å². The average Bonchev–Trinajstić information content (AvgIpc) is 3.18. The van der Waals surface area contributed by atoms with E-state index in [9.17, 15) is 4.79 Å². The number of ether oxygens (including phenoxy) is 2. The summed E-state index contributed by atoms with van der Waals surface area (Å²) in [7, 11) is 1.63. The largest absolute Gasteiger partial charge is 0.493 e. The van der Waals surface area contributed by atoms with Gasteiger partial charge in [-0.05, 0) is 43.9 Å². The number of benzene rings is 1. The maximum absolute atomic E-state index is 13.0. The van der Waals surface area contributed by atoms with Crippen LogP contribution in [0.15, 0.2) is 34.6 Å². The number of nitrogens with zero attached hydrogens (tertiary/aromatic N) is 3. The molecular formula is C23H30N4O3S. The van der Waals surface area contributed by atoms with Gasteiger partial charge < -0.3 is 14.8 Å². The zero-order valence-corrected chi connectivity index (χ0v) is 19.3. The van der Waals surface area contributed by atoms with Gasteiger partial charge in [0.1, 0.15) is 6.04 Å². The van der Waals surface area contributed by atoms with Gasteiger partial charge in [-0.3, -0.25) is 4.79 Å². The van der Waals surface area contributed by atoms with Crippen molar-refractivity contribution in [2.75, 3.05) is 24.8 Å². The molecule has 0 unspecified atom stereocenters. The highest BCUT2D eigenvalue weighted by Gasteiger charge is 2.37. The van der Waals surface area contributed by atoms with Crippen LogP contribution in [0, 0.1) is 0 Å². The Kier molecular flexibility index (Phi) is 6.85. The molecule has 0 bridgehead atoms. The van der Waals surface area contributed by atoms with Gasteiger partial charge in [0.15, 0.2) is 17.3 Å². The molecule has 0 saturated carbocycles. The lowest BCUT2D eigenvalue weighted by atomic mass is 9.85. The minimum absolute atomic E-state index is 0.171. The van der Waals surface area contributed by atoms with Gasteiger partial charge in [-0.2, -0.15) is 4.98 Å². The predicted molar refractivity (Wildman–Crippen MR) is 122 cm³/mol. The number of unbranched alkanes of at least 4 members (excludes halogenated alkanes) is 2. The monoisotopic (exact) mass is 442 g/mol. The number of carbonyl (C=O) groups excluding carboxylic acids is 1. The van der Waals surface area contributed by atoms with Gasteiger partial charge in [-0.1, -0.05) is 37.6 Å². The van der Waals surface area contributed by atoms with Crippen LogP contribution >= 0.6 is 11.8 Å². The van der Waals surface area contributed by atoms with Crippen LogP contribution < -0.4 is 14.8 Å². The van der Waals surface area contributed by atoms with Crippen LogP contribution in [-0.4, -0.2) is 40.0 Å². The van der Waals surface area contributed by atoms with E-state index in [1.54, 1.807) is 18.9 Å². The molecule has 7 nitrogen and oxygen atoms in total. The first-order valence-electron chi connectivity index (χ1n) is 11.1. The SMILES string of the molecule is CCCCCSc1nc2n(n1)[C@H](c1ccc(OCC)c(OC)c1)C1=C(CCCC1=O)N2. The third-order valence-corrected chi connectivity index (χ3v) is 6.55. The van der Waals surface area contributed by atoms with Crippen molar-refractivity contribution in [1.29, 1.82) is 0 Å². The Balaban J connectivity index is 1.73. The maximum atomic E-state index is 13.0. The first-order valence-corrected chi connectivity index (χ1v) is 12.1. The predicted octanol–water partition coefficient (Wildman–Crippen LogP) is 4.99. The molecule has 2 aromatic rings. The number of fused-ring (bicyclic) bond motifs is 1. The fourth-order valence-corrected chi connectivity index (χ4v) is 4.98. The van der Waals surface area contributed by atoms with Gasteiger partial charge in [0.25, 0.3) is 0 Å². The summed E-state index contributed by atoms with van der Waals surface area (Å²) in [4.78, 5) is 17.7. The molecule has 0 fully saturated rings. The van der Waals surface area contributed by atoms with E-state index in [0.29, 0.717) is 30.5 Å². The van der Waals surface area contributed by atoms with E-state index in [1.807, 2.05) is 29.8 Å². The van der Waals surface area contributed by atoms with Crippen molar-refractivity contribution in [1.82, 2.24) is 14.8 Å². The van der Waals surface area contributed by atoms with Crippen LogP contribution in [0.2, 0.25) is 0 Å². The summed E-state index contributed by atoms with van der Waals surface area (Å²) in [5.74, 6) is 3.21. The summed E-state index contributed by atoms with van der Waals surface area (Å²) in [6.07, 6.45) is 5.81. The van der Waals surface area contributed by atoms with Gasteiger partial charge in [0, 0.05) is 23.4 Å². The van der Waals surface area contributed by atoms with Crippen molar-refractivity contribution >= 4 is 23.5 Å². The van der Waals surface area contributed by atoms with Crippen LogP contribution in [0.1, 0.15) is 64.0 Å². The van der Waals surface area contributed by atoms with Gasteiger partial charge in [-0.15, -0.1) is 5.10 Å². The molecule has 166 valence electrons. The summed E-state index contributed by atoms with van der Waals surface area (Å²) >= 11 is 1.67. The van der Waals surface area contributed by atoms with Crippen molar-refractivity contribution < 1.29 is 14.3 Å². The Hall–Kier alpha value is -2.48. The second-order valence-electron chi connectivity index (χ2n) is 7.76. The zero-order valence-electron chi connectivity index (χ0n) is 18.4. The molecule has 1 N–H and O–H groups in total. The number of hydrogen-bond acceptors (Lipinski definition) is 7. The summed E-state index contributed by atoms with van der Waals surface area (Å²) in [6, 6.07) is 5.54. The van der Waals surface area contributed by atoms with Gasteiger partial charge >= 0.3 is 0 Å². The number of rotatable bonds is 9. The highest BCUT2D eigenvalue weighted by Crippen LogP contribution is 2.42. The summed E-state index contributed by atoms with van der Waals surface area (Å²) < 4.78 is 13.1. The molecule has 31 heavy (non-hydrogen) atoms. The van der Waals surface area contributed by atoms with E-state index in [4.69, 9.17) is 19.6 Å².